The number of methoxy groups -OCH3 is 1. The van der Waals surface area contributed by atoms with Crippen LogP contribution in [0.5, 0.6) is 0 Å². The van der Waals surface area contributed by atoms with Gasteiger partial charge in [-0.1, -0.05) is 12.1 Å². The summed E-state index contributed by atoms with van der Waals surface area (Å²) in [7, 11) is 1.53. The number of primary amides is 1. The highest BCUT2D eigenvalue weighted by Crippen LogP contribution is 2.13. The third-order valence-electron chi connectivity index (χ3n) is 2.41. The van der Waals surface area contributed by atoms with E-state index < -0.39 is 0 Å². The van der Waals surface area contributed by atoms with E-state index in [-0.39, 0.29) is 17.6 Å². The molecule has 2 rings (SSSR count). The fourth-order valence-electron chi connectivity index (χ4n) is 1.28. The van der Waals surface area contributed by atoms with Crippen LogP contribution >= 0.6 is 0 Å². The number of nitrogens with zero attached hydrogens (tertiary/aromatic N) is 1. The van der Waals surface area contributed by atoms with E-state index in [0.717, 1.165) is 5.56 Å². The van der Waals surface area contributed by atoms with Gasteiger partial charge in [-0.3, -0.25) is 9.59 Å². The summed E-state index contributed by atoms with van der Waals surface area (Å²) < 4.78 is 17.0. The third-order valence-corrected chi connectivity index (χ3v) is 2.41. The lowest BCUT2D eigenvalue weighted by Gasteiger charge is -1.99. The third kappa shape index (κ3) is 6.52. The van der Waals surface area contributed by atoms with Crippen molar-refractivity contribution in [2.75, 3.05) is 20.3 Å². The van der Waals surface area contributed by atoms with E-state index in [1.807, 2.05) is 0 Å². The van der Waals surface area contributed by atoms with E-state index in [9.17, 15) is 14.0 Å². The molecule has 6 heteroatoms. The van der Waals surface area contributed by atoms with Crippen LogP contribution in [0.1, 0.15) is 12.0 Å². The second-order valence-electron chi connectivity index (χ2n) is 4.09. The smallest absolute Gasteiger partial charge is 0.242 e. The summed E-state index contributed by atoms with van der Waals surface area (Å²) in [6.45, 7) is 1.58. The number of benzene rings is 1. The largest absolute Gasteiger partial charge is 0.384 e. The van der Waals surface area contributed by atoms with Crippen LogP contribution < -0.4 is 5.73 Å². The van der Waals surface area contributed by atoms with Crippen LogP contribution in [0.25, 0.3) is 0 Å². The van der Waals surface area contributed by atoms with Gasteiger partial charge >= 0.3 is 0 Å². The molecule has 0 radical (unpaired) electrons. The molecule has 0 saturated carbocycles. The summed E-state index contributed by atoms with van der Waals surface area (Å²) in [5.74, 6) is -0.392. The van der Waals surface area contributed by atoms with Crippen molar-refractivity contribution in [2.45, 2.75) is 13.0 Å². The first-order valence-electron chi connectivity index (χ1n) is 5.82. The Hall–Kier alpha value is -1.95. The standard InChI is InChI=1S/C9H8FNO.C4H9NO2/c10-8-3-1-7(2-4-8)5-11-6-9(11)12;1-7-3-2-4(5)6/h1-4H,5-6H2;2-3H2,1H3,(H2,5,6). The van der Waals surface area contributed by atoms with Gasteiger partial charge in [0.2, 0.25) is 11.8 Å². The van der Waals surface area contributed by atoms with Crippen molar-refractivity contribution in [1.29, 1.82) is 0 Å². The topological polar surface area (TPSA) is 72.4 Å². The van der Waals surface area contributed by atoms with Gasteiger partial charge in [0.05, 0.1) is 6.61 Å². The summed E-state index contributed by atoms with van der Waals surface area (Å²) >= 11 is 0. The van der Waals surface area contributed by atoms with Gasteiger partial charge in [0, 0.05) is 20.1 Å². The minimum atomic E-state index is -0.318. The van der Waals surface area contributed by atoms with Gasteiger partial charge in [-0.05, 0) is 17.7 Å². The molecule has 1 aliphatic heterocycles. The zero-order valence-corrected chi connectivity index (χ0v) is 10.8. The molecule has 19 heavy (non-hydrogen) atoms. The van der Waals surface area contributed by atoms with Crippen LogP contribution in [0.15, 0.2) is 24.3 Å². The number of ether oxygens (including phenoxy) is 1. The molecule has 1 aromatic carbocycles. The van der Waals surface area contributed by atoms with E-state index in [1.165, 1.54) is 19.2 Å². The summed E-state index contributed by atoms with van der Waals surface area (Å²) in [5.41, 5.74) is 5.73. The Bertz CT molecular complexity index is 434. The molecular weight excluding hydrogens is 251 g/mol. The summed E-state index contributed by atoms with van der Waals surface area (Å²) in [6.07, 6.45) is 0.316. The first kappa shape index (κ1) is 15.1. The van der Waals surface area contributed by atoms with Crippen molar-refractivity contribution >= 4 is 11.8 Å². The molecule has 0 bridgehead atoms. The Kier molecular flexibility index (Phi) is 5.95. The van der Waals surface area contributed by atoms with Crippen molar-refractivity contribution in [3.8, 4) is 0 Å². The highest BCUT2D eigenvalue weighted by atomic mass is 19.1. The quantitative estimate of drug-likeness (QED) is 0.798. The van der Waals surface area contributed by atoms with Crippen LogP contribution in [0, 0.1) is 5.82 Å². The molecule has 1 heterocycles. The van der Waals surface area contributed by atoms with Gasteiger partial charge in [0.15, 0.2) is 0 Å². The Labute approximate surface area is 111 Å². The molecule has 104 valence electrons. The fraction of sp³-hybridized carbons (Fsp3) is 0.385. The molecule has 0 unspecified atom stereocenters. The lowest BCUT2D eigenvalue weighted by Crippen LogP contribution is -2.12. The van der Waals surface area contributed by atoms with Crippen molar-refractivity contribution in [2.24, 2.45) is 5.73 Å². The summed E-state index contributed by atoms with van der Waals surface area (Å²) in [6, 6.07) is 6.20. The number of hydrogen-bond donors (Lipinski definition) is 1. The maximum atomic E-state index is 12.4. The number of nitrogens with two attached hydrogens (primary N) is 1. The predicted molar refractivity (Wildman–Crippen MR) is 67.5 cm³/mol. The maximum Gasteiger partial charge on any atom is 0.242 e. The fourth-order valence-corrected chi connectivity index (χ4v) is 1.28. The molecule has 1 aromatic rings. The van der Waals surface area contributed by atoms with E-state index in [0.29, 0.717) is 26.1 Å². The monoisotopic (exact) mass is 268 g/mol. The lowest BCUT2D eigenvalue weighted by atomic mass is 10.2. The number of hydrogen-bond acceptors (Lipinski definition) is 3. The van der Waals surface area contributed by atoms with Crippen LogP contribution in [0.3, 0.4) is 0 Å². The lowest BCUT2D eigenvalue weighted by molar-refractivity contribution is -0.119. The molecule has 1 saturated heterocycles. The molecule has 2 amide bonds. The van der Waals surface area contributed by atoms with Gasteiger partial charge in [-0.25, -0.2) is 4.39 Å². The van der Waals surface area contributed by atoms with Gasteiger partial charge in [-0.2, -0.15) is 0 Å². The Balaban J connectivity index is 0.000000224. The highest BCUT2D eigenvalue weighted by Gasteiger charge is 2.29. The first-order chi connectivity index (χ1) is 9.02. The number of halogens is 1. The van der Waals surface area contributed by atoms with Crippen molar-refractivity contribution in [3.05, 3.63) is 35.6 Å². The predicted octanol–water partition coefficient (Wildman–Crippen LogP) is 0.676. The zero-order valence-electron chi connectivity index (χ0n) is 10.8. The number of carbonyl (C=O) groups is 2. The minimum absolute atomic E-state index is 0.166. The van der Waals surface area contributed by atoms with Gasteiger partial charge in [0.25, 0.3) is 0 Å². The van der Waals surface area contributed by atoms with Crippen molar-refractivity contribution in [1.82, 2.24) is 4.90 Å². The van der Waals surface area contributed by atoms with Gasteiger partial charge in [0.1, 0.15) is 12.4 Å². The molecule has 0 aliphatic carbocycles. The van der Waals surface area contributed by atoms with Crippen molar-refractivity contribution in [3.63, 3.8) is 0 Å². The Morgan fingerprint density at radius 3 is 2.37 bits per heavy atom. The molecule has 1 fully saturated rings. The molecule has 0 spiro atoms. The van der Waals surface area contributed by atoms with Gasteiger partial charge in [-0.15, -0.1) is 0 Å². The van der Waals surface area contributed by atoms with E-state index in [1.54, 1.807) is 17.0 Å². The molecule has 5 nitrogen and oxygen atoms in total. The van der Waals surface area contributed by atoms with Crippen LogP contribution in [0.4, 0.5) is 4.39 Å². The van der Waals surface area contributed by atoms with Gasteiger partial charge < -0.3 is 15.4 Å². The molecule has 1 aliphatic rings. The molecule has 0 aromatic heterocycles. The van der Waals surface area contributed by atoms with Crippen LogP contribution in [-0.4, -0.2) is 37.0 Å². The maximum absolute atomic E-state index is 12.4. The van der Waals surface area contributed by atoms with E-state index in [4.69, 9.17) is 5.73 Å². The normalized spacial score (nSPS) is 12.7. The van der Waals surface area contributed by atoms with E-state index in [2.05, 4.69) is 4.74 Å². The summed E-state index contributed by atoms with van der Waals surface area (Å²) in [5, 5.41) is 0. The Morgan fingerprint density at radius 2 is 2.00 bits per heavy atom. The SMILES string of the molecule is COCCC(N)=O.O=C1CN1Cc1ccc(F)cc1. The number of rotatable bonds is 5. The molecule has 2 N–H and O–H groups in total. The molecule has 0 atom stereocenters. The Morgan fingerprint density at radius 1 is 1.42 bits per heavy atom. The second kappa shape index (κ2) is 7.48. The van der Waals surface area contributed by atoms with Crippen molar-refractivity contribution < 1.29 is 18.7 Å². The number of amides is 2. The zero-order chi connectivity index (χ0) is 14.3. The summed E-state index contributed by atoms with van der Waals surface area (Å²) in [4.78, 5) is 22.2. The first-order valence-corrected chi connectivity index (χ1v) is 5.82. The molecular formula is C13H17FN2O3. The average Bonchev–Trinajstić information content (AvgIpc) is 3.06. The van der Waals surface area contributed by atoms with E-state index >= 15 is 0 Å². The van der Waals surface area contributed by atoms with Crippen LogP contribution in [-0.2, 0) is 20.9 Å². The highest BCUT2D eigenvalue weighted by molar-refractivity contribution is 5.92. The van der Waals surface area contributed by atoms with Crippen LogP contribution in [0.2, 0.25) is 0 Å². The number of carbonyl (C=O) groups excluding carboxylic acids is 2. The second-order valence-corrected chi connectivity index (χ2v) is 4.09. The average molecular weight is 268 g/mol. The minimum Gasteiger partial charge on any atom is -0.384 e.